The highest BCUT2D eigenvalue weighted by Gasteiger charge is 2.25. The molecule has 0 aliphatic heterocycles. The minimum absolute atomic E-state index is 0.207. The molecule has 4 heteroatoms. The van der Waals surface area contributed by atoms with Crippen LogP contribution in [0.2, 0.25) is 0 Å². The molecule has 0 heterocycles. The molecule has 1 amide bonds. The van der Waals surface area contributed by atoms with Crippen molar-refractivity contribution in [2.24, 2.45) is 5.92 Å². The highest BCUT2D eigenvalue weighted by atomic mass is 16.4. The Morgan fingerprint density at radius 3 is 2.50 bits per heavy atom. The molecule has 1 N–H and O–H groups in total. The Balaban J connectivity index is 2.41. The Morgan fingerprint density at radius 1 is 1.43 bits per heavy atom. The molecule has 0 radical (unpaired) electrons. The van der Waals surface area contributed by atoms with Crippen LogP contribution in [-0.2, 0) is 9.59 Å². The first-order valence-corrected chi connectivity index (χ1v) is 4.83. The SMILES string of the molecule is CCN(CC1CC1)C(=O)C=CC(=O)O. The Labute approximate surface area is 83.2 Å². The number of carboxylic acid groups (broad SMARTS) is 1. The summed E-state index contributed by atoms with van der Waals surface area (Å²) in [6.45, 7) is 3.30. The third kappa shape index (κ3) is 3.60. The van der Waals surface area contributed by atoms with Crippen LogP contribution in [0.3, 0.4) is 0 Å². The maximum Gasteiger partial charge on any atom is 0.328 e. The predicted octanol–water partition coefficient (Wildman–Crippen LogP) is 0.886. The van der Waals surface area contributed by atoms with Gasteiger partial charge in [0.25, 0.3) is 0 Å². The van der Waals surface area contributed by atoms with Crippen molar-refractivity contribution in [1.29, 1.82) is 0 Å². The summed E-state index contributed by atoms with van der Waals surface area (Å²) in [5.74, 6) is -0.653. The van der Waals surface area contributed by atoms with Gasteiger partial charge in [0.1, 0.15) is 0 Å². The summed E-state index contributed by atoms with van der Waals surface area (Å²) >= 11 is 0. The van der Waals surface area contributed by atoms with Gasteiger partial charge < -0.3 is 10.0 Å². The van der Waals surface area contributed by atoms with Gasteiger partial charge in [-0.15, -0.1) is 0 Å². The Morgan fingerprint density at radius 2 is 2.07 bits per heavy atom. The summed E-state index contributed by atoms with van der Waals surface area (Å²) in [6.07, 6.45) is 4.38. The highest BCUT2D eigenvalue weighted by molar-refractivity contribution is 5.93. The van der Waals surface area contributed by atoms with E-state index in [9.17, 15) is 9.59 Å². The zero-order valence-electron chi connectivity index (χ0n) is 8.27. The van der Waals surface area contributed by atoms with Gasteiger partial charge in [-0.25, -0.2) is 4.79 Å². The molecule has 0 aromatic rings. The number of carbonyl (C=O) groups is 2. The second-order valence-corrected chi connectivity index (χ2v) is 3.49. The third-order valence-electron chi connectivity index (χ3n) is 2.24. The number of amides is 1. The molecule has 1 aliphatic carbocycles. The molecular formula is C10H15NO3. The fourth-order valence-corrected chi connectivity index (χ4v) is 1.23. The number of hydrogen-bond donors (Lipinski definition) is 1. The zero-order valence-corrected chi connectivity index (χ0v) is 8.27. The number of carbonyl (C=O) groups excluding carboxylic acids is 1. The van der Waals surface area contributed by atoms with Crippen molar-refractivity contribution in [1.82, 2.24) is 4.90 Å². The van der Waals surface area contributed by atoms with Crippen LogP contribution in [0, 0.1) is 5.92 Å². The van der Waals surface area contributed by atoms with Crippen LogP contribution in [0.1, 0.15) is 19.8 Å². The van der Waals surface area contributed by atoms with E-state index in [2.05, 4.69) is 0 Å². The summed E-state index contributed by atoms with van der Waals surface area (Å²) in [4.78, 5) is 23.3. The molecule has 1 fully saturated rings. The first-order valence-electron chi connectivity index (χ1n) is 4.83. The first kappa shape index (κ1) is 10.8. The van der Waals surface area contributed by atoms with E-state index >= 15 is 0 Å². The average Bonchev–Trinajstić information content (AvgIpc) is 2.93. The summed E-state index contributed by atoms with van der Waals surface area (Å²) in [6, 6.07) is 0. The minimum Gasteiger partial charge on any atom is -0.478 e. The lowest BCUT2D eigenvalue weighted by Gasteiger charge is -2.18. The molecule has 0 saturated heterocycles. The summed E-state index contributed by atoms with van der Waals surface area (Å²) in [5, 5.41) is 8.35. The second kappa shape index (κ2) is 4.79. The maximum atomic E-state index is 11.4. The van der Waals surface area contributed by atoms with Gasteiger partial charge in [-0.2, -0.15) is 0 Å². The summed E-state index contributed by atoms with van der Waals surface area (Å²) in [7, 11) is 0. The van der Waals surface area contributed by atoms with Crippen molar-refractivity contribution >= 4 is 11.9 Å². The van der Waals surface area contributed by atoms with Gasteiger partial charge in [-0.1, -0.05) is 0 Å². The van der Waals surface area contributed by atoms with E-state index in [-0.39, 0.29) is 5.91 Å². The third-order valence-corrected chi connectivity index (χ3v) is 2.24. The molecule has 4 nitrogen and oxygen atoms in total. The molecule has 0 aromatic carbocycles. The standard InChI is InChI=1S/C10H15NO3/c1-2-11(7-8-3-4-8)9(12)5-6-10(13)14/h5-6,8H,2-4,7H2,1H3,(H,13,14). The maximum absolute atomic E-state index is 11.4. The number of carboxylic acids is 1. The molecule has 0 atom stereocenters. The van der Waals surface area contributed by atoms with Crippen LogP contribution in [0.5, 0.6) is 0 Å². The fraction of sp³-hybridized carbons (Fsp3) is 0.600. The molecule has 78 valence electrons. The highest BCUT2D eigenvalue weighted by Crippen LogP contribution is 2.29. The molecule has 0 bridgehead atoms. The van der Waals surface area contributed by atoms with Crippen molar-refractivity contribution in [3.63, 3.8) is 0 Å². The quantitative estimate of drug-likeness (QED) is 0.666. The van der Waals surface area contributed by atoms with Gasteiger partial charge in [0, 0.05) is 25.2 Å². The first-order chi connectivity index (χ1) is 6.63. The van der Waals surface area contributed by atoms with E-state index in [0.717, 1.165) is 18.7 Å². The summed E-state index contributed by atoms with van der Waals surface area (Å²) in [5.41, 5.74) is 0. The second-order valence-electron chi connectivity index (χ2n) is 3.49. The molecular weight excluding hydrogens is 182 g/mol. The number of hydrogen-bond acceptors (Lipinski definition) is 2. The lowest BCUT2D eigenvalue weighted by atomic mass is 10.3. The molecule has 0 spiro atoms. The largest absolute Gasteiger partial charge is 0.478 e. The van der Waals surface area contributed by atoms with Crippen molar-refractivity contribution < 1.29 is 14.7 Å². The van der Waals surface area contributed by atoms with Crippen molar-refractivity contribution in [3.05, 3.63) is 12.2 Å². The Hall–Kier alpha value is -1.32. The Kier molecular flexibility index (Phi) is 3.68. The van der Waals surface area contributed by atoms with Gasteiger partial charge >= 0.3 is 5.97 Å². The number of nitrogens with zero attached hydrogens (tertiary/aromatic N) is 1. The monoisotopic (exact) mass is 197 g/mol. The minimum atomic E-state index is -1.08. The number of rotatable bonds is 5. The van der Waals surface area contributed by atoms with E-state index in [1.165, 1.54) is 12.8 Å². The van der Waals surface area contributed by atoms with Crippen LogP contribution in [0.15, 0.2) is 12.2 Å². The van der Waals surface area contributed by atoms with Crippen LogP contribution in [-0.4, -0.2) is 35.0 Å². The number of aliphatic carboxylic acids is 1. The molecule has 0 unspecified atom stereocenters. The van der Waals surface area contributed by atoms with Gasteiger partial charge in [0.05, 0.1) is 0 Å². The van der Waals surface area contributed by atoms with Crippen LogP contribution in [0.4, 0.5) is 0 Å². The smallest absolute Gasteiger partial charge is 0.328 e. The number of likely N-dealkylation sites (N-methyl/N-ethyl adjacent to an activating group) is 1. The lowest BCUT2D eigenvalue weighted by Crippen LogP contribution is -2.31. The topological polar surface area (TPSA) is 57.6 Å². The Bertz CT molecular complexity index is 256. The molecule has 14 heavy (non-hydrogen) atoms. The molecule has 1 aliphatic rings. The van der Waals surface area contributed by atoms with Gasteiger partial charge in [0.15, 0.2) is 0 Å². The van der Waals surface area contributed by atoms with Gasteiger partial charge in [0.2, 0.25) is 5.91 Å². The van der Waals surface area contributed by atoms with E-state index in [4.69, 9.17) is 5.11 Å². The fourth-order valence-electron chi connectivity index (χ4n) is 1.23. The summed E-state index contributed by atoms with van der Waals surface area (Å²) < 4.78 is 0. The van der Waals surface area contributed by atoms with Crippen LogP contribution in [0.25, 0.3) is 0 Å². The zero-order chi connectivity index (χ0) is 10.6. The van der Waals surface area contributed by atoms with Crippen molar-refractivity contribution in [2.75, 3.05) is 13.1 Å². The van der Waals surface area contributed by atoms with Gasteiger partial charge in [-0.3, -0.25) is 4.79 Å². The van der Waals surface area contributed by atoms with Crippen LogP contribution < -0.4 is 0 Å². The van der Waals surface area contributed by atoms with E-state index in [0.29, 0.717) is 12.5 Å². The lowest BCUT2D eigenvalue weighted by molar-refractivity contribution is -0.132. The molecule has 0 aromatic heterocycles. The van der Waals surface area contributed by atoms with E-state index in [1.807, 2.05) is 6.92 Å². The van der Waals surface area contributed by atoms with Crippen molar-refractivity contribution in [3.8, 4) is 0 Å². The average molecular weight is 197 g/mol. The van der Waals surface area contributed by atoms with E-state index in [1.54, 1.807) is 4.90 Å². The van der Waals surface area contributed by atoms with Crippen LogP contribution >= 0.6 is 0 Å². The van der Waals surface area contributed by atoms with Crippen molar-refractivity contribution in [2.45, 2.75) is 19.8 Å². The van der Waals surface area contributed by atoms with Gasteiger partial charge in [-0.05, 0) is 25.7 Å². The predicted molar refractivity (Wildman–Crippen MR) is 51.8 cm³/mol. The molecule has 1 saturated carbocycles. The normalized spacial score (nSPS) is 15.8. The van der Waals surface area contributed by atoms with E-state index < -0.39 is 5.97 Å². The molecule has 1 rings (SSSR count).